The highest BCUT2D eigenvalue weighted by atomic mass is 15.3. The van der Waals surface area contributed by atoms with Crippen LogP contribution < -0.4 is 11.1 Å². The maximum atomic E-state index is 5.76. The van der Waals surface area contributed by atoms with Crippen molar-refractivity contribution in [1.29, 1.82) is 0 Å². The van der Waals surface area contributed by atoms with Gasteiger partial charge in [0.15, 0.2) is 0 Å². The van der Waals surface area contributed by atoms with Gasteiger partial charge < -0.3 is 11.1 Å². The quantitative estimate of drug-likeness (QED) is 0.715. The third kappa shape index (κ3) is 2.42. The molecule has 0 radical (unpaired) electrons. The summed E-state index contributed by atoms with van der Waals surface area (Å²) >= 11 is 0. The lowest BCUT2D eigenvalue weighted by molar-refractivity contribution is 0.756. The molecular formula is C15H17N5. The molecule has 3 N–H and O–H groups in total. The Hall–Kier alpha value is -2.56. The number of hydrogen-bond donors (Lipinski definition) is 2. The Labute approximate surface area is 117 Å². The molecule has 0 saturated carbocycles. The highest BCUT2D eigenvalue weighted by molar-refractivity contribution is 5.83. The van der Waals surface area contributed by atoms with E-state index in [0.29, 0.717) is 6.54 Å². The molecule has 0 aliphatic carbocycles. The van der Waals surface area contributed by atoms with Gasteiger partial charge in [0.1, 0.15) is 5.82 Å². The van der Waals surface area contributed by atoms with Gasteiger partial charge in [-0.2, -0.15) is 5.10 Å². The summed E-state index contributed by atoms with van der Waals surface area (Å²) in [4.78, 5) is 4.57. The topological polar surface area (TPSA) is 68.8 Å². The molecule has 0 atom stereocenters. The van der Waals surface area contributed by atoms with Crippen molar-refractivity contribution >= 4 is 22.4 Å². The second-order valence-electron chi connectivity index (χ2n) is 4.92. The van der Waals surface area contributed by atoms with E-state index in [0.717, 1.165) is 28.1 Å². The molecule has 3 rings (SSSR count). The van der Waals surface area contributed by atoms with E-state index in [4.69, 9.17) is 5.73 Å². The fraction of sp³-hybridized carbons (Fsp3) is 0.200. The van der Waals surface area contributed by atoms with Crippen molar-refractivity contribution in [3.63, 3.8) is 0 Å². The highest BCUT2D eigenvalue weighted by Crippen LogP contribution is 2.18. The summed E-state index contributed by atoms with van der Waals surface area (Å²) in [5.74, 6) is 0.852. The summed E-state index contributed by atoms with van der Waals surface area (Å²) in [5.41, 5.74) is 9.66. The van der Waals surface area contributed by atoms with E-state index in [1.807, 2.05) is 55.2 Å². The van der Waals surface area contributed by atoms with E-state index < -0.39 is 0 Å². The molecule has 2 heterocycles. The summed E-state index contributed by atoms with van der Waals surface area (Å²) in [6.07, 6.45) is 2.02. The molecule has 0 saturated heterocycles. The molecule has 102 valence electrons. The van der Waals surface area contributed by atoms with Gasteiger partial charge in [-0.05, 0) is 37.3 Å². The van der Waals surface area contributed by atoms with E-state index in [9.17, 15) is 0 Å². The average molecular weight is 267 g/mol. The lowest BCUT2D eigenvalue weighted by Crippen LogP contribution is -2.01. The Kier molecular flexibility index (Phi) is 3.02. The second kappa shape index (κ2) is 4.85. The predicted molar refractivity (Wildman–Crippen MR) is 81.4 cm³/mol. The molecular weight excluding hydrogens is 250 g/mol. The summed E-state index contributed by atoms with van der Waals surface area (Å²) in [6, 6.07) is 9.72. The first-order valence-electron chi connectivity index (χ1n) is 6.51. The lowest BCUT2D eigenvalue weighted by atomic mass is 10.2. The molecule has 0 spiro atoms. The first kappa shape index (κ1) is 12.5. The summed E-state index contributed by atoms with van der Waals surface area (Å²) in [6.45, 7) is 2.72. The van der Waals surface area contributed by atoms with Gasteiger partial charge in [0.2, 0.25) is 0 Å². The first-order valence-corrected chi connectivity index (χ1v) is 6.51. The molecule has 2 aromatic heterocycles. The Morgan fingerprint density at radius 3 is 2.85 bits per heavy atom. The minimum atomic E-state index is 0.715. The monoisotopic (exact) mass is 267 g/mol. The molecule has 0 fully saturated rings. The number of benzene rings is 1. The smallest absolute Gasteiger partial charge is 0.126 e. The number of aromatic nitrogens is 3. The number of nitrogens with two attached hydrogens (primary N) is 1. The maximum absolute atomic E-state index is 5.76. The molecule has 5 nitrogen and oxygen atoms in total. The van der Waals surface area contributed by atoms with E-state index in [1.165, 1.54) is 5.56 Å². The Balaban J connectivity index is 1.81. The van der Waals surface area contributed by atoms with Crippen molar-refractivity contribution in [3.8, 4) is 0 Å². The molecule has 5 heteroatoms. The number of nitrogen functional groups attached to an aromatic ring is 1. The van der Waals surface area contributed by atoms with Crippen molar-refractivity contribution in [2.45, 2.75) is 13.5 Å². The Bertz CT molecular complexity index is 760. The number of fused-ring (bicyclic) bond motifs is 1. The maximum Gasteiger partial charge on any atom is 0.126 e. The van der Waals surface area contributed by atoms with Gasteiger partial charge in [-0.1, -0.05) is 0 Å². The van der Waals surface area contributed by atoms with Gasteiger partial charge in [0, 0.05) is 36.4 Å². The highest BCUT2D eigenvalue weighted by Gasteiger charge is 2.04. The SMILES string of the molecule is Cc1nn(C)cc1CNc1ccc2cc(N)ccc2n1. The van der Waals surface area contributed by atoms with Crippen LogP contribution in [0.5, 0.6) is 0 Å². The van der Waals surface area contributed by atoms with Crippen LogP contribution in [0.4, 0.5) is 11.5 Å². The van der Waals surface area contributed by atoms with Crippen molar-refractivity contribution in [2.75, 3.05) is 11.1 Å². The fourth-order valence-electron chi connectivity index (χ4n) is 2.25. The first-order chi connectivity index (χ1) is 9.61. The number of hydrogen-bond acceptors (Lipinski definition) is 4. The predicted octanol–water partition coefficient (Wildman–Crippen LogP) is 2.47. The second-order valence-corrected chi connectivity index (χ2v) is 4.92. The van der Waals surface area contributed by atoms with Crippen molar-refractivity contribution < 1.29 is 0 Å². The van der Waals surface area contributed by atoms with Gasteiger partial charge in [0.25, 0.3) is 0 Å². The minimum absolute atomic E-state index is 0.715. The number of rotatable bonds is 3. The zero-order chi connectivity index (χ0) is 14.1. The average Bonchev–Trinajstić information content (AvgIpc) is 2.74. The van der Waals surface area contributed by atoms with Crippen LogP contribution >= 0.6 is 0 Å². The molecule has 0 aliphatic heterocycles. The number of anilines is 2. The van der Waals surface area contributed by atoms with Crippen LogP contribution in [-0.2, 0) is 13.6 Å². The molecule has 0 aliphatic rings. The third-order valence-electron chi connectivity index (χ3n) is 3.29. The molecule has 20 heavy (non-hydrogen) atoms. The zero-order valence-corrected chi connectivity index (χ0v) is 11.6. The van der Waals surface area contributed by atoms with Gasteiger partial charge >= 0.3 is 0 Å². The molecule has 0 bridgehead atoms. The van der Waals surface area contributed by atoms with E-state index in [2.05, 4.69) is 15.4 Å². The van der Waals surface area contributed by atoms with Crippen LogP contribution in [-0.4, -0.2) is 14.8 Å². The molecule has 0 amide bonds. The van der Waals surface area contributed by atoms with Crippen LogP contribution in [0.3, 0.4) is 0 Å². The fourth-order valence-corrected chi connectivity index (χ4v) is 2.25. The third-order valence-corrected chi connectivity index (χ3v) is 3.29. The van der Waals surface area contributed by atoms with Crippen LogP contribution in [0.25, 0.3) is 10.9 Å². The largest absolute Gasteiger partial charge is 0.399 e. The number of nitrogens with zero attached hydrogens (tertiary/aromatic N) is 3. The standard InChI is InChI=1S/C15H17N5/c1-10-12(9-20(2)19-10)8-17-15-6-3-11-7-13(16)4-5-14(11)18-15/h3-7,9H,8,16H2,1-2H3,(H,17,18). The van der Waals surface area contributed by atoms with Crippen molar-refractivity contribution in [3.05, 3.63) is 47.8 Å². The van der Waals surface area contributed by atoms with Gasteiger partial charge in [-0.15, -0.1) is 0 Å². The van der Waals surface area contributed by atoms with Crippen LogP contribution in [0.2, 0.25) is 0 Å². The van der Waals surface area contributed by atoms with E-state index in [-0.39, 0.29) is 0 Å². The van der Waals surface area contributed by atoms with Crippen LogP contribution in [0.15, 0.2) is 36.5 Å². The summed E-state index contributed by atoms with van der Waals surface area (Å²) in [7, 11) is 1.93. The van der Waals surface area contributed by atoms with Crippen LogP contribution in [0, 0.1) is 6.92 Å². The Morgan fingerprint density at radius 1 is 1.25 bits per heavy atom. The van der Waals surface area contributed by atoms with Crippen molar-refractivity contribution in [1.82, 2.24) is 14.8 Å². The number of nitrogens with one attached hydrogen (secondary N) is 1. The van der Waals surface area contributed by atoms with E-state index >= 15 is 0 Å². The van der Waals surface area contributed by atoms with Crippen molar-refractivity contribution in [2.24, 2.45) is 7.05 Å². The van der Waals surface area contributed by atoms with Gasteiger partial charge in [0.05, 0.1) is 11.2 Å². The van der Waals surface area contributed by atoms with Crippen LogP contribution in [0.1, 0.15) is 11.3 Å². The molecule has 3 aromatic rings. The van der Waals surface area contributed by atoms with Gasteiger partial charge in [-0.3, -0.25) is 4.68 Å². The molecule has 0 unspecified atom stereocenters. The summed E-state index contributed by atoms with van der Waals surface area (Å²) in [5, 5.41) is 8.70. The molecule has 1 aromatic carbocycles. The number of pyridine rings is 1. The minimum Gasteiger partial charge on any atom is -0.399 e. The van der Waals surface area contributed by atoms with E-state index in [1.54, 1.807) is 0 Å². The normalized spacial score (nSPS) is 10.9. The zero-order valence-electron chi connectivity index (χ0n) is 11.6. The summed E-state index contributed by atoms with van der Waals surface area (Å²) < 4.78 is 1.82. The lowest BCUT2D eigenvalue weighted by Gasteiger charge is -2.06. The Morgan fingerprint density at radius 2 is 2.10 bits per heavy atom. The number of aryl methyl sites for hydroxylation is 2. The van der Waals surface area contributed by atoms with Gasteiger partial charge in [-0.25, -0.2) is 4.98 Å².